The molecule has 1 heterocycles. The summed E-state index contributed by atoms with van der Waals surface area (Å²) >= 11 is 0. The van der Waals surface area contributed by atoms with Gasteiger partial charge in [0.25, 0.3) is 0 Å². The molecule has 1 fully saturated rings. The maximum atomic E-state index is 6.13. The minimum Gasteiger partial charge on any atom is -0.373 e. The van der Waals surface area contributed by atoms with Gasteiger partial charge in [0, 0.05) is 39.2 Å². The normalized spacial score (nSPS) is 20.7. The van der Waals surface area contributed by atoms with Crippen molar-refractivity contribution in [3.05, 3.63) is 48.0 Å². The third kappa shape index (κ3) is 6.17. The predicted octanol–water partition coefficient (Wildman–Crippen LogP) is 4.33. The summed E-state index contributed by atoms with van der Waals surface area (Å²) in [4.78, 5) is 7.15. The Labute approximate surface area is 159 Å². The first kappa shape index (κ1) is 20.5. The molecule has 0 saturated carbocycles. The minimum atomic E-state index is 0.155. The number of aliphatic imine (C=N–C) groups is 1. The highest BCUT2D eigenvalue weighted by atomic mass is 16.5. The van der Waals surface area contributed by atoms with Crippen molar-refractivity contribution in [1.82, 2.24) is 10.2 Å². The van der Waals surface area contributed by atoms with Gasteiger partial charge in [0.2, 0.25) is 0 Å². The van der Waals surface area contributed by atoms with Crippen molar-refractivity contribution in [2.75, 3.05) is 33.3 Å². The second-order valence-electron chi connectivity index (χ2n) is 7.15. The number of hydrogen-bond acceptors (Lipinski definition) is 2. The van der Waals surface area contributed by atoms with Gasteiger partial charge in [0.05, 0.1) is 6.10 Å². The fourth-order valence-corrected chi connectivity index (χ4v) is 3.41. The van der Waals surface area contributed by atoms with Crippen LogP contribution in [0.1, 0.15) is 49.8 Å². The summed E-state index contributed by atoms with van der Waals surface area (Å²) in [6, 6.07) is 8.75. The van der Waals surface area contributed by atoms with Crippen LogP contribution in [0.3, 0.4) is 0 Å². The summed E-state index contributed by atoms with van der Waals surface area (Å²) < 4.78 is 6.13. The number of rotatable bonds is 8. The van der Waals surface area contributed by atoms with Gasteiger partial charge in [0.1, 0.15) is 0 Å². The molecule has 0 aromatic heterocycles. The number of nitrogens with zero attached hydrogens (tertiary/aromatic N) is 2. The van der Waals surface area contributed by atoms with Crippen molar-refractivity contribution >= 4 is 5.96 Å². The maximum Gasteiger partial charge on any atom is 0.193 e. The van der Waals surface area contributed by atoms with E-state index in [0.29, 0.717) is 5.92 Å². The summed E-state index contributed by atoms with van der Waals surface area (Å²) in [5.41, 5.74) is 2.56. The summed E-state index contributed by atoms with van der Waals surface area (Å²) in [6.45, 7) is 11.6. The van der Waals surface area contributed by atoms with Crippen LogP contribution in [0, 0.1) is 12.8 Å². The monoisotopic (exact) mass is 357 g/mol. The summed E-state index contributed by atoms with van der Waals surface area (Å²) in [5.74, 6) is 1.42. The molecule has 0 aliphatic carbocycles. The number of unbranched alkanes of at least 4 members (excludes halogenated alkanes) is 1. The lowest BCUT2D eigenvalue weighted by Gasteiger charge is -2.32. The first-order chi connectivity index (χ1) is 12.7. The standard InChI is InChI=1S/C22H35N3O/c1-5-7-8-15-25(4)22(23-6-2)24-17-20-10-9-16-26-21(20)19-13-11-18(3)12-14-19/h5,11-14,20-21H,1,6-10,15-17H2,2-4H3,(H,23,24). The molecule has 1 aromatic rings. The van der Waals surface area contributed by atoms with Gasteiger partial charge in [-0.15, -0.1) is 6.58 Å². The van der Waals surface area contributed by atoms with E-state index in [4.69, 9.17) is 9.73 Å². The number of ether oxygens (including phenoxy) is 1. The Morgan fingerprint density at radius 3 is 2.85 bits per heavy atom. The number of allylic oxidation sites excluding steroid dienone is 1. The smallest absolute Gasteiger partial charge is 0.193 e. The Balaban J connectivity index is 2.04. The third-order valence-electron chi connectivity index (χ3n) is 4.92. The molecule has 2 rings (SSSR count). The lowest BCUT2D eigenvalue weighted by atomic mass is 9.89. The van der Waals surface area contributed by atoms with Gasteiger partial charge in [-0.2, -0.15) is 0 Å². The number of benzene rings is 1. The molecule has 4 nitrogen and oxygen atoms in total. The van der Waals surface area contributed by atoms with Crippen molar-refractivity contribution in [3.63, 3.8) is 0 Å². The molecule has 2 atom stereocenters. The van der Waals surface area contributed by atoms with Crippen LogP contribution < -0.4 is 5.32 Å². The van der Waals surface area contributed by atoms with Crippen molar-refractivity contribution in [1.29, 1.82) is 0 Å². The van der Waals surface area contributed by atoms with Crippen LogP contribution in [0.2, 0.25) is 0 Å². The Morgan fingerprint density at radius 1 is 1.38 bits per heavy atom. The van der Waals surface area contributed by atoms with Crippen LogP contribution in [-0.2, 0) is 4.74 Å². The quantitative estimate of drug-likeness (QED) is 0.326. The van der Waals surface area contributed by atoms with Gasteiger partial charge in [-0.25, -0.2) is 0 Å². The number of aryl methyl sites for hydroxylation is 1. The van der Waals surface area contributed by atoms with E-state index >= 15 is 0 Å². The molecule has 26 heavy (non-hydrogen) atoms. The summed E-state index contributed by atoms with van der Waals surface area (Å²) in [6.07, 6.45) is 6.56. The Hall–Kier alpha value is -1.81. The second kappa shape index (κ2) is 11.0. The van der Waals surface area contributed by atoms with Crippen molar-refractivity contribution < 1.29 is 4.74 Å². The molecule has 144 valence electrons. The lowest BCUT2D eigenvalue weighted by Crippen LogP contribution is -2.40. The fourth-order valence-electron chi connectivity index (χ4n) is 3.41. The molecule has 1 aromatic carbocycles. The van der Waals surface area contributed by atoms with Crippen molar-refractivity contribution in [2.24, 2.45) is 10.9 Å². The van der Waals surface area contributed by atoms with Gasteiger partial charge in [-0.1, -0.05) is 35.9 Å². The highest BCUT2D eigenvalue weighted by Crippen LogP contribution is 2.34. The third-order valence-corrected chi connectivity index (χ3v) is 4.92. The van der Waals surface area contributed by atoms with E-state index in [2.05, 4.69) is 62.0 Å². The van der Waals surface area contributed by atoms with Gasteiger partial charge in [-0.3, -0.25) is 4.99 Å². The Morgan fingerprint density at radius 2 is 2.15 bits per heavy atom. The van der Waals surface area contributed by atoms with Crippen LogP contribution in [0.25, 0.3) is 0 Å². The average Bonchev–Trinajstić information content (AvgIpc) is 2.66. The fraction of sp³-hybridized carbons (Fsp3) is 0.591. The average molecular weight is 358 g/mol. The first-order valence-electron chi connectivity index (χ1n) is 9.94. The summed E-state index contributed by atoms with van der Waals surface area (Å²) in [7, 11) is 2.11. The second-order valence-corrected chi connectivity index (χ2v) is 7.15. The van der Waals surface area contributed by atoms with E-state index in [1.807, 2.05) is 6.08 Å². The Kier molecular flexibility index (Phi) is 8.69. The highest BCUT2D eigenvalue weighted by molar-refractivity contribution is 5.79. The first-order valence-corrected chi connectivity index (χ1v) is 9.94. The zero-order chi connectivity index (χ0) is 18.8. The molecule has 1 aliphatic heterocycles. The maximum absolute atomic E-state index is 6.13. The van der Waals surface area contributed by atoms with Crippen molar-refractivity contribution in [2.45, 2.75) is 45.6 Å². The molecule has 4 heteroatoms. The topological polar surface area (TPSA) is 36.9 Å². The zero-order valence-electron chi connectivity index (χ0n) is 16.7. The van der Waals surface area contributed by atoms with Crippen LogP contribution >= 0.6 is 0 Å². The van der Waals surface area contributed by atoms with Crippen molar-refractivity contribution in [3.8, 4) is 0 Å². The molecule has 1 N–H and O–H groups in total. The van der Waals surface area contributed by atoms with E-state index in [1.54, 1.807) is 0 Å². The molecule has 2 unspecified atom stereocenters. The molecule has 0 spiro atoms. The predicted molar refractivity (Wildman–Crippen MR) is 111 cm³/mol. The number of hydrogen-bond donors (Lipinski definition) is 1. The highest BCUT2D eigenvalue weighted by Gasteiger charge is 2.27. The lowest BCUT2D eigenvalue weighted by molar-refractivity contribution is -0.0250. The number of guanidine groups is 1. The molecule has 1 saturated heterocycles. The van der Waals surface area contributed by atoms with Gasteiger partial charge in [0.15, 0.2) is 5.96 Å². The van der Waals surface area contributed by atoms with Gasteiger partial charge in [-0.05, 0) is 45.1 Å². The van der Waals surface area contributed by atoms with E-state index in [-0.39, 0.29) is 6.10 Å². The zero-order valence-corrected chi connectivity index (χ0v) is 16.7. The minimum absolute atomic E-state index is 0.155. The van der Waals surface area contributed by atoms with E-state index in [1.165, 1.54) is 17.5 Å². The van der Waals surface area contributed by atoms with Crippen LogP contribution in [-0.4, -0.2) is 44.1 Å². The summed E-state index contributed by atoms with van der Waals surface area (Å²) in [5, 5.41) is 3.42. The number of nitrogens with one attached hydrogen (secondary N) is 1. The van der Waals surface area contributed by atoms with Crippen LogP contribution in [0.15, 0.2) is 41.9 Å². The molecular formula is C22H35N3O. The van der Waals surface area contributed by atoms with E-state index < -0.39 is 0 Å². The van der Waals surface area contributed by atoms with Crippen LogP contribution in [0.5, 0.6) is 0 Å². The largest absolute Gasteiger partial charge is 0.373 e. The molecule has 0 bridgehead atoms. The van der Waals surface area contributed by atoms with Gasteiger partial charge >= 0.3 is 0 Å². The van der Waals surface area contributed by atoms with Crippen LogP contribution in [0.4, 0.5) is 0 Å². The molecule has 0 radical (unpaired) electrons. The molecular weight excluding hydrogens is 322 g/mol. The molecule has 0 amide bonds. The SMILES string of the molecule is C=CCCCN(C)C(=NCC1CCCOC1c1ccc(C)cc1)NCC. The van der Waals surface area contributed by atoms with E-state index in [9.17, 15) is 0 Å². The van der Waals surface area contributed by atoms with E-state index in [0.717, 1.165) is 51.5 Å². The van der Waals surface area contributed by atoms with Gasteiger partial charge < -0.3 is 15.0 Å². The molecule has 1 aliphatic rings. The Bertz CT molecular complexity index is 567.